The minimum absolute atomic E-state index is 0.0798. The maximum Gasteiger partial charge on any atom is 0.303 e. The number of hydrogen-bond acceptors (Lipinski definition) is 3. The first-order chi connectivity index (χ1) is 13.8. The number of carboxylic acids is 1. The van der Waals surface area contributed by atoms with Crippen molar-refractivity contribution in [1.29, 1.82) is 0 Å². The Bertz CT molecular complexity index is 645. The molecule has 4 nitrogen and oxygen atoms in total. The summed E-state index contributed by atoms with van der Waals surface area (Å²) in [6, 6.07) is 0. The molecule has 0 unspecified atom stereocenters. The zero-order valence-corrected chi connectivity index (χ0v) is 18.4. The third-order valence-electron chi connectivity index (χ3n) is 10.1. The Morgan fingerprint density at radius 2 is 1.79 bits per heavy atom. The highest BCUT2D eigenvalue weighted by atomic mass is 16.4. The molecule has 0 aromatic rings. The fourth-order valence-electron chi connectivity index (χ4n) is 8.35. The zero-order chi connectivity index (χ0) is 20.8. The third kappa shape index (κ3) is 3.68. The molecule has 8 atom stereocenters. The second-order valence-corrected chi connectivity index (χ2v) is 11.4. The number of aliphatic hydroxyl groups excluding tert-OH is 1. The quantitative estimate of drug-likeness (QED) is 0.595. The Labute approximate surface area is 175 Å². The van der Waals surface area contributed by atoms with Gasteiger partial charge >= 0.3 is 5.97 Å². The Morgan fingerprint density at radius 1 is 1.03 bits per heavy atom. The van der Waals surface area contributed by atoms with E-state index < -0.39 is 5.97 Å². The molecular weight excluding hydrogens is 364 g/mol. The molecule has 164 valence electrons. The van der Waals surface area contributed by atoms with Gasteiger partial charge in [0.25, 0.3) is 0 Å². The largest absolute Gasteiger partial charge is 0.481 e. The van der Waals surface area contributed by atoms with E-state index in [1.807, 2.05) is 0 Å². The maximum absolute atomic E-state index is 12.3. The molecule has 0 aliphatic heterocycles. The van der Waals surface area contributed by atoms with Crippen molar-refractivity contribution in [3.8, 4) is 0 Å². The van der Waals surface area contributed by atoms with Crippen molar-refractivity contribution in [2.45, 2.75) is 103 Å². The molecule has 4 rings (SSSR count). The molecule has 0 radical (unpaired) electrons. The van der Waals surface area contributed by atoms with Gasteiger partial charge in [-0.15, -0.1) is 0 Å². The molecular formula is C25H40O4. The van der Waals surface area contributed by atoms with Crippen LogP contribution in [0.15, 0.2) is 0 Å². The molecule has 4 saturated carbocycles. The van der Waals surface area contributed by atoms with Crippen LogP contribution in [0.2, 0.25) is 0 Å². The van der Waals surface area contributed by atoms with Gasteiger partial charge in [0, 0.05) is 19.3 Å². The summed E-state index contributed by atoms with van der Waals surface area (Å²) in [5, 5.41) is 19.7. The number of rotatable bonds is 6. The molecule has 2 N–H and O–H groups in total. The van der Waals surface area contributed by atoms with Crippen LogP contribution in [-0.2, 0) is 9.59 Å². The summed E-state index contributed by atoms with van der Waals surface area (Å²) in [6.45, 7) is 4.83. The summed E-state index contributed by atoms with van der Waals surface area (Å²) in [7, 11) is 0. The van der Waals surface area contributed by atoms with Crippen molar-refractivity contribution in [3.63, 3.8) is 0 Å². The van der Waals surface area contributed by atoms with E-state index in [0.29, 0.717) is 40.8 Å². The summed E-state index contributed by atoms with van der Waals surface area (Å²) in [5.74, 6) is 2.94. The predicted molar refractivity (Wildman–Crippen MR) is 112 cm³/mol. The van der Waals surface area contributed by atoms with E-state index in [0.717, 1.165) is 57.8 Å². The first-order valence-corrected chi connectivity index (χ1v) is 12.2. The monoisotopic (exact) mass is 404 g/mol. The topological polar surface area (TPSA) is 74.6 Å². The van der Waals surface area contributed by atoms with Crippen LogP contribution in [-0.4, -0.2) is 28.1 Å². The van der Waals surface area contributed by atoms with Crippen molar-refractivity contribution in [2.24, 2.45) is 40.4 Å². The van der Waals surface area contributed by atoms with Gasteiger partial charge in [0.05, 0.1) is 6.10 Å². The van der Waals surface area contributed by atoms with Gasteiger partial charge < -0.3 is 10.2 Å². The summed E-state index contributed by atoms with van der Waals surface area (Å²) >= 11 is 0. The summed E-state index contributed by atoms with van der Waals surface area (Å²) in [6.07, 6.45) is 12.4. The number of fused-ring (bicyclic) bond motifs is 5. The van der Waals surface area contributed by atoms with Gasteiger partial charge in [-0.25, -0.2) is 0 Å². The van der Waals surface area contributed by atoms with Crippen molar-refractivity contribution in [2.75, 3.05) is 0 Å². The Morgan fingerprint density at radius 3 is 2.55 bits per heavy atom. The van der Waals surface area contributed by atoms with Crippen LogP contribution in [0.1, 0.15) is 97.3 Å². The van der Waals surface area contributed by atoms with Gasteiger partial charge in [0.2, 0.25) is 0 Å². The Kier molecular flexibility index (Phi) is 5.87. The van der Waals surface area contributed by atoms with E-state index in [9.17, 15) is 14.7 Å². The molecule has 0 spiro atoms. The molecule has 4 fully saturated rings. The summed E-state index contributed by atoms with van der Waals surface area (Å²) in [5.41, 5.74) is 0.379. The summed E-state index contributed by atoms with van der Waals surface area (Å²) < 4.78 is 0. The van der Waals surface area contributed by atoms with Crippen LogP contribution in [0.4, 0.5) is 0 Å². The lowest BCUT2D eigenvalue weighted by Gasteiger charge is -2.62. The van der Waals surface area contributed by atoms with Gasteiger partial charge in [-0.05, 0) is 85.4 Å². The van der Waals surface area contributed by atoms with Crippen molar-refractivity contribution in [3.05, 3.63) is 0 Å². The molecule has 4 aliphatic carbocycles. The first kappa shape index (κ1) is 21.3. The first-order valence-electron chi connectivity index (χ1n) is 12.2. The van der Waals surface area contributed by atoms with Crippen LogP contribution < -0.4 is 0 Å². The summed E-state index contributed by atoms with van der Waals surface area (Å²) in [4.78, 5) is 23.1. The number of aliphatic carboxylic acids is 1. The van der Waals surface area contributed by atoms with Crippen LogP contribution in [0.3, 0.4) is 0 Å². The SMILES string of the molecule is C[C@]12CCC(=O)C[C@@H]1C[C@H](CCCCCC(=O)O)[C@@H]1[C@@H]2CC[C@]2(C)[C@@H](O)CC[C@@H]12. The second kappa shape index (κ2) is 7.98. The standard InChI is InChI=1S/C25H40O4/c1-24-12-10-18(26)15-17(24)14-16(6-4-3-5-7-22(28)29)23-19-8-9-21(27)25(19,2)13-11-20(23)24/h16-17,19-21,23,27H,3-15H2,1-2H3,(H,28,29)/t16-,17-,19-,20-,21-,23-,24-,25-/m0/s1. The minimum Gasteiger partial charge on any atom is -0.481 e. The van der Waals surface area contributed by atoms with E-state index in [4.69, 9.17) is 5.11 Å². The number of carboxylic acid groups (broad SMARTS) is 1. The van der Waals surface area contributed by atoms with Crippen LogP contribution in [0.25, 0.3) is 0 Å². The molecule has 0 bridgehead atoms. The number of hydrogen-bond donors (Lipinski definition) is 2. The smallest absolute Gasteiger partial charge is 0.303 e. The maximum atomic E-state index is 12.3. The van der Waals surface area contributed by atoms with Crippen molar-refractivity contribution < 1.29 is 19.8 Å². The molecule has 29 heavy (non-hydrogen) atoms. The Balaban J connectivity index is 1.54. The molecule has 4 heteroatoms. The lowest BCUT2D eigenvalue weighted by molar-refractivity contribution is -0.156. The highest BCUT2D eigenvalue weighted by Gasteiger charge is 2.62. The highest BCUT2D eigenvalue weighted by Crippen LogP contribution is 2.67. The molecule has 0 aromatic carbocycles. The van der Waals surface area contributed by atoms with Crippen molar-refractivity contribution >= 4 is 11.8 Å². The average molecular weight is 405 g/mol. The third-order valence-corrected chi connectivity index (χ3v) is 10.1. The van der Waals surface area contributed by atoms with Gasteiger partial charge in [0.15, 0.2) is 0 Å². The van der Waals surface area contributed by atoms with E-state index in [-0.39, 0.29) is 17.9 Å². The van der Waals surface area contributed by atoms with Gasteiger partial charge in [-0.2, -0.15) is 0 Å². The van der Waals surface area contributed by atoms with Crippen LogP contribution in [0.5, 0.6) is 0 Å². The van der Waals surface area contributed by atoms with Gasteiger partial charge in [-0.1, -0.05) is 33.1 Å². The van der Waals surface area contributed by atoms with E-state index >= 15 is 0 Å². The number of carbonyl (C=O) groups excluding carboxylic acids is 1. The lowest BCUT2D eigenvalue weighted by Crippen LogP contribution is -2.57. The molecule has 4 aliphatic rings. The van der Waals surface area contributed by atoms with Gasteiger partial charge in [0.1, 0.15) is 5.78 Å². The fourth-order valence-corrected chi connectivity index (χ4v) is 8.35. The van der Waals surface area contributed by atoms with E-state index in [2.05, 4.69) is 13.8 Å². The Hall–Kier alpha value is -0.900. The molecule has 0 heterocycles. The zero-order valence-electron chi connectivity index (χ0n) is 18.4. The number of aliphatic hydroxyl groups is 1. The number of carbonyl (C=O) groups is 2. The van der Waals surface area contributed by atoms with Gasteiger partial charge in [-0.3, -0.25) is 9.59 Å². The minimum atomic E-state index is -0.692. The average Bonchev–Trinajstić information content (AvgIpc) is 2.97. The van der Waals surface area contributed by atoms with Crippen LogP contribution in [0, 0.1) is 40.4 Å². The molecule has 0 amide bonds. The number of ketones is 1. The molecule has 0 aromatic heterocycles. The lowest BCUT2D eigenvalue weighted by atomic mass is 9.42. The second-order valence-electron chi connectivity index (χ2n) is 11.4. The van der Waals surface area contributed by atoms with E-state index in [1.54, 1.807) is 0 Å². The fraction of sp³-hybridized carbons (Fsp3) is 0.920. The predicted octanol–water partition coefficient (Wildman–Crippen LogP) is 5.22. The number of unbranched alkanes of at least 4 members (excludes halogenated alkanes) is 2. The van der Waals surface area contributed by atoms with Crippen LogP contribution >= 0.6 is 0 Å². The van der Waals surface area contributed by atoms with E-state index in [1.165, 1.54) is 19.3 Å². The highest BCUT2D eigenvalue weighted by molar-refractivity contribution is 5.79. The normalized spacial score (nSPS) is 46.7. The number of Topliss-reactive ketones (excluding diaryl/α,β-unsaturated/α-hetero) is 1. The van der Waals surface area contributed by atoms with Crippen molar-refractivity contribution in [1.82, 2.24) is 0 Å². The molecule has 0 saturated heterocycles.